The molecule has 0 aliphatic heterocycles. The second-order valence-corrected chi connectivity index (χ2v) is 16.2. The van der Waals surface area contributed by atoms with Gasteiger partial charge in [-0.3, -0.25) is 0 Å². The summed E-state index contributed by atoms with van der Waals surface area (Å²) in [6.07, 6.45) is 21.0. The van der Waals surface area contributed by atoms with Crippen molar-refractivity contribution in [2.75, 3.05) is 39.3 Å². The highest BCUT2D eigenvalue weighted by atomic mass is 16.6. The molecule has 0 spiro atoms. The molecule has 0 aromatic carbocycles. The van der Waals surface area contributed by atoms with Gasteiger partial charge in [0.15, 0.2) is 0 Å². The van der Waals surface area contributed by atoms with Crippen LogP contribution in [0.4, 0.5) is 4.79 Å². The fraction of sp³-hybridized carbons (Fsp3) is 0.921. The fourth-order valence-electron chi connectivity index (χ4n) is 10.3. The van der Waals surface area contributed by atoms with Gasteiger partial charge in [0.1, 0.15) is 6.10 Å². The van der Waals surface area contributed by atoms with Crippen molar-refractivity contribution in [1.29, 1.82) is 0 Å². The van der Waals surface area contributed by atoms with Crippen molar-refractivity contribution in [2.24, 2.45) is 52.1 Å². The number of hydrogen-bond donors (Lipinski definition) is 4. The lowest BCUT2D eigenvalue weighted by molar-refractivity contribution is -0.0581. The van der Waals surface area contributed by atoms with Crippen molar-refractivity contribution in [3.8, 4) is 0 Å². The standard InChI is InChI=1S/C38H70N4O2/c1-28(2)11-8-12-29(3)33-15-16-34-32-14-13-30-27-31(17-19-37(30,4)35(32)18-20-38(33,34)5)44-36(43)42-26-10-25-41-23-7-6-22-40-24-9-21-39/h13,28-29,31-35,40-41H,6-12,14-27,39H2,1-5H3,(H,42,43). The number of rotatable bonds is 18. The lowest BCUT2D eigenvalue weighted by Crippen LogP contribution is -2.51. The number of nitrogens with one attached hydrogen (secondary N) is 3. The Bertz CT molecular complexity index is 907. The summed E-state index contributed by atoms with van der Waals surface area (Å²) in [5.41, 5.74) is 7.95. The fourth-order valence-corrected chi connectivity index (χ4v) is 10.3. The van der Waals surface area contributed by atoms with Crippen LogP contribution >= 0.6 is 0 Å². The van der Waals surface area contributed by atoms with Crippen LogP contribution in [-0.2, 0) is 4.74 Å². The zero-order valence-corrected chi connectivity index (χ0v) is 29.4. The van der Waals surface area contributed by atoms with Gasteiger partial charge < -0.3 is 26.4 Å². The molecule has 8 unspecified atom stereocenters. The van der Waals surface area contributed by atoms with Crippen LogP contribution in [0.25, 0.3) is 0 Å². The zero-order valence-electron chi connectivity index (χ0n) is 29.4. The molecular formula is C38H70N4O2. The van der Waals surface area contributed by atoms with Crippen LogP contribution in [0.5, 0.6) is 0 Å². The van der Waals surface area contributed by atoms with Crippen molar-refractivity contribution >= 4 is 6.09 Å². The zero-order chi connectivity index (χ0) is 31.6. The van der Waals surface area contributed by atoms with E-state index in [2.05, 4.69) is 56.6 Å². The predicted molar refractivity (Wildman–Crippen MR) is 185 cm³/mol. The molecule has 0 saturated heterocycles. The van der Waals surface area contributed by atoms with Crippen LogP contribution in [0.15, 0.2) is 11.6 Å². The first-order valence-electron chi connectivity index (χ1n) is 18.9. The van der Waals surface area contributed by atoms with Gasteiger partial charge in [-0.15, -0.1) is 0 Å². The maximum Gasteiger partial charge on any atom is 0.407 e. The van der Waals surface area contributed by atoms with Gasteiger partial charge in [-0.1, -0.05) is 65.5 Å². The van der Waals surface area contributed by atoms with Crippen molar-refractivity contribution in [1.82, 2.24) is 16.0 Å². The summed E-state index contributed by atoms with van der Waals surface area (Å²) in [5, 5.41) is 9.92. The Morgan fingerprint density at radius 3 is 2.34 bits per heavy atom. The largest absolute Gasteiger partial charge is 0.446 e. The molecule has 5 N–H and O–H groups in total. The molecule has 0 aromatic heterocycles. The molecule has 0 heterocycles. The molecule has 3 saturated carbocycles. The predicted octanol–water partition coefficient (Wildman–Crippen LogP) is 7.82. The van der Waals surface area contributed by atoms with Crippen LogP contribution in [0.2, 0.25) is 0 Å². The Hall–Kier alpha value is -1.11. The Balaban J connectivity index is 1.17. The van der Waals surface area contributed by atoms with E-state index in [9.17, 15) is 4.79 Å². The van der Waals surface area contributed by atoms with E-state index >= 15 is 0 Å². The Morgan fingerprint density at radius 1 is 0.886 bits per heavy atom. The Kier molecular flexibility index (Phi) is 13.9. The minimum absolute atomic E-state index is 0.0267. The maximum absolute atomic E-state index is 12.6. The van der Waals surface area contributed by atoms with Crippen molar-refractivity contribution in [3.05, 3.63) is 11.6 Å². The van der Waals surface area contributed by atoms with Crippen LogP contribution in [-0.4, -0.2) is 51.5 Å². The topological polar surface area (TPSA) is 88.4 Å². The third-order valence-corrected chi connectivity index (χ3v) is 12.8. The van der Waals surface area contributed by atoms with Crippen LogP contribution in [0.1, 0.15) is 131 Å². The molecule has 4 aliphatic rings. The highest BCUT2D eigenvalue weighted by Gasteiger charge is 2.59. The summed E-state index contributed by atoms with van der Waals surface area (Å²) in [7, 11) is 0. The van der Waals surface area contributed by atoms with Gasteiger partial charge >= 0.3 is 6.09 Å². The van der Waals surface area contributed by atoms with Gasteiger partial charge in [0, 0.05) is 13.0 Å². The van der Waals surface area contributed by atoms with Crippen LogP contribution < -0.4 is 21.7 Å². The monoisotopic (exact) mass is 615 g/mol. The summed E-state index contributed by atoms with van der Waals surface area (Å²) in [6.45, 7) is 18.0. The van der Waals surface area contributed by atoms with E-state index in [1.54, 1.807) is 5.57 Å². The highest BCUT2D eigenvalue weighted by Crippen LogP contribution is 2.67. The Morgan fingerprint density at radius 2 is 1.61 bits per heavy atom. The van der Waals surface area contributed by atoms with Crippen LogP contribution in [0, 0.1) is 46.3 Å². The normalized spacial score (nSPS) is 33.7. The number of nitrogens with two attached hydrogens (primary N) is 1. The van der Waals surface area contributed by atoms with E-state index in [1.165, 1.54) is 70.6 Å². The van der Waals surface area contributed by atoms with E-state index in [0.717, 1.165) is 93.9 Å². The molecule has 254 valence electrons. The SMILES string of the molecule is CC(C)CCCC(C)C1CCC2C3CC=C4CC(OC(=O)NCCCNCCCCNCCCN)CCC4(C)C3CCC12C. The lowest BCUT2D eigenvalue weighted by atomic mass is 9.47. The number of amides is 1. The lowest BCUT2D eigenvalue weighted by Gasteiger charge is -2.58. The minimum atomic E-state index is -0.232. The molecule has 4 rings (SSSR count). The van der Waals surface area contributed by atoms with E-state index in [0.29, 0.717) is 17.4 Å². The molecule has 1 amide bonds. The number of ether oxygens (including phenoxy) is 1. The van der Waals surface area contributed by atoms with E-state index in [4.69, 9.17) is 10.5 Å². The number of allylic oxidation sites excluding steroid dienone is 1. The average molecular weight is 615 g/mol. The van der Waals surface area contributed by atoms with Gasteiger partial charge in [0.2, 0.25) is 0 Å². The number of carbonyl (C=O) groups excluding carboxylic acids is 1. The summed E-state index contributed by atoms with van der Waals surface area (Å²) in [5.74, 6) is 5.16. The van der Waals surface area contributed by atoms with Crippen molar-refractivity contribution in [2.45, 2.75) is 137 Å². The second kappa shape index (κ2) is 17.2. The summed E-state index contributed by atoms with van der Waals surface area (Å²) < 4.78 is 5.97. The molecule has 6 heteroatoms. The molecule has 4 aliphatic carbocycles. The molecule has 0 radical (unpaired) electrons. The highest BCUT2D eigenvalue weighted by molar-refractivity contribution is 5.67. The summed E-state index contributed by atoms with van der Waals surface area (Å²) in [4.78, 5) is 12.6. The van der Waals surface area contributed by atoms with Crippen molar-refractivity contribution in [3.63, 3.8) is 0 Å². The van der Waals surface area contributed by atoms with Gasteiger partial charge in [0.05, 0.1) is 0 Å². The first kappa shape index (κ1) is 35.7. The molecular weight excluding hydrogens is 544 g/mol. The third-order valence-electron chi connectivity index (χ3n) is 12.8. The molecule has 3 fully saturated rings. The molecule has 0 bridgehead atoms. The maximum atomic E-state index is 12.6. The summed E-state index contributed by atoms with van der Waals surface area (Å²) >= 11 is 0. The first-order valence-corrected chi connectivity index (χ1v) is 18.9. The van der Waals surface area contributed by atoms with E-state index in [1.807, 2.05) is 0 Å². The summed E-state index contributed by atoms with van der Waals surface area (Å²) in [6, 6.07) is 0. The number of unbranched alkanes of at least 4 members (excludes halogenated alkanes) is 1. The first-order chi connectivity index (χ1) is 21.2. The van der Waals surface area contributed by atoms with Crippen molar-refractivity contribution < 1.29 is 9.53 Å². The van der Waals surface area contributed by atoms with Gasteiger partial charge in [0.25, 0.3) is 0 Å². The minimum Gasteiger partial charge on any atom is -0.446 e. The second-order valence-electron chi connectivity index (χ2n) is 16.2. The number of fused-ring (bicyclic) bond motifs is 5. The molecule has 8 atom stereocenters. The number of hydrogen-bond acceptors (Lipinski definition) is 5. The third kappa shape index (κ3) is 9.03. The number of carbonyl (C=O) groups is 1. The average Bonchev–Trinajstić information content (AvgIpc) is 3.35. The molecule has 44 heavy (non-hydrogen) atoms. The van der Waals surface area contributed by atoms with Gasteiger partial charge in [-0.2, -0.15) is 0 Å². The Labute approximate surface area is 271 Å². The van der Waals surface area contributed by atoms with Gasteiger partial charge in [-0.05, 0) is 150 Å². The molecule has 6 nitrogen and oxygen atoms in total. The van der Waals surface area contributed by atoms with Gasteiger partial charge in [-0.25, -0.2) is 4.79 Å². The quantitative estimate of drug-likeness (QED) is 0.0934. The van der Waals surface area contributed by atoms with Crippen LogP contribution in [0.3, 0.4) is 0 Å². The van der Waals surface area contributed by atoms with E-state index in [-0.39, 0.29) is 12.2 Å². The molecule has 0 aromatic rings. The smallest absolute Gasteiger partial charge is 0.407 e. The number of alkyl carbamates (subject to hydrolysis) is 1. The van der Waals surface area contributed by atoms with E-state index < -0.39 is 0 Å².